The Morgan fingerprint density at radius 2 is 2.15 bits per heavy atom. The molecule has 20 heavy (non-hydrogen) atoms. The van der Waals surface area contributed by atoms with Gasteiger partial charge in [-0.1, -0.05) is 20.3 Å². The van der Waals surface area contributed by atoms with Crippen molar-refractivity contribution in [3.63, 3.8) is 0 Å². The number of hydrogen-bond acceptors (Lipinski definition) is 3. The lowest BCUT2D eigenvalue weighted by Gasteiger charge is -2.14. The molecule has 110 valence electrons. The summed E-state index contributed by atoms with van der Waals surface area (Å²) in [6.07, 6.45) is -3.18. The van der Waals surface area contributed by atoms with Crippen LogP contribution in [0.1, 0.15) is 37.0 Å². The first-order chi connectivity index (χ1) is 9.17. The third-order valence-electron chi connectivity index (χ3n) is 3.93. The van der Waals surface area contributed by atoms with E-state index < -0.39 is 17.5 Å². The van der Waals surface area contributed by atoms with Crippen molar-refractivity contribution < 1.29 is 22.7 Å². The van der Waals surface area contributed by atoms with Gasteiger partial charge in [-0.15, -0.1) is 13.2 Å². The van der Waals surface area contributed by atoms with Crippen molar-refractivity contribution >= 4 is 11.5 Å². The molecule has 0 aromatic heterocycles. The van der Waals surface area contributed by atoms with E-state index >= 15 is 0 Å². The van der Waals surface area contributed by atoms with E-state index in [0.29, 0.717) is 0 Å². The number of ketones is 1. The largest absolute Gasteiger partial charge is 0.573 e. The number of carbonyl (C=O) groups excluding carboxylic acids is 1. The molecule has 6 heteroatoms. The average Bonchev–Trinajstić information content (AvgIpc) is 3.02. The molecule has 1 aliphatic carbocycles. The first kappa shape index (κ1) is 14.7. The summed E-state index contributed by atoms with van der Waals surface area (Å²) in [7, 11) is 0. The second-order valence-electron chi connectivity index (χ2n) is 5.35. The van der Waals surface area contributed by atoms with Crippen molar-refractivity contribution in [3.8, 4) is 5.75 Å². The van der Waals surface area contributed by atoms with Crippen LogP contribution in [0, 0.1) is 11.3 Å². The van der Waals surface area contributed by atoms with Gasteiger partial charge in [-0.05, 0) is 30.5 Å². The smallest absolute Gasteiger partial charge is 0.406 e. The molecule has 0 spiro atoms. The molecule has 0 aliphatic heterocycles. The van der Waals surface area contributed by atoms with Crippen LogP contribution in [0.15, 0.2) is 18.2 Å². The molecule has 1 aromatic carbocycles. The van der Waals surface area contributed by atoms with Crippen molar-refractivity contribution in [2.45, 2.75) is 33.1 Å². The lowest BCUT2D eigenvalue weighted by atomic mass is 9.92. The number of nitrogen functional groups attached to an aromatic ring is 1. The summed E-state index contributed by atoms with van der Waals surface area (Å²) >= 11 is 0. The monoisotopic (exact) mass is 287 g/mol. The zero-order valence-electron chi connectivity index (χ0n) is 11.3. The number of benzene rings is 1. The predicted molar refractivity (Wildman–Crippen MR) is 68.4 cm³/mol. The minimum absolute atomic E-state index is 0.102. The van der Waals surface area contributed by atoms with E-state index in [9.17, 15) is 18.0 Å². The Bertz CT molecular complexity index is 542. The van der Waals surface area contributed by atoms with Crippen LogP contribution in [-0.2, 0) is 0 Å². The zero-order chi connectivity index (χ0) is 15.1. The third-order valence-corrected chi connectivity index (χ3v) is 3.93. The van der Waals surface area contributed by atoms with Gasteiger partial charge in [0.2, 0.25) is 0 Å². The molecular formula is C14H16F3NO2. The molecule has 1 aliphatic rings. The fourth-order valence-corrected chi connectivity index (χ4v) is 2.56. The zero-order valence-corrected chi connectivity index (χ0v) is 11.3. The second-order valence-corrected chi connectivity index (χ2v) is 5.35. The topological polar surface area (TPSA) is 52.3 Å². The number of carbonyl (C=O) groups is 1. The summed E-state index contributed by atoms with van der Waals surface area (Å²) in [5, 5.41) is 0. The van der Waals surface area contributed by atoms with Crippen LogP contribution in [0.25, 0.3) is 0 Å². The SMILES string of the molecule is CCC1C[C@@]1(C)C(=O)c1cc(OC(F)(F)F)ccc1N. The maximum atomic E-state index is 12.4. The van der Waals surface area contributed by atoms with Gasteiger partial charge < -0.3 is 10.5 Å². The van der Waals surface area contributed by atoms with Gasteiger partial charge >= 0.3 is 6.36 Å². The lowest BCUT2D eigenvalue weighted by molar-refractivity contribution is -0.274. The molecule has 0 heterocycles. The van der Waals surface area contributed by atoms with Crippen LogP contribution in [0.4, 0.5) is 18.9 Å². The number of alkyl halides is 3. The summed E-state index contributed by atoms with van der Waals surface area (Å²) in [5.74, 6) is -0.372. The Kier molecular flexibility index (Phi) is 3.44. The standard InChI is InChI=1S/C14H16F3NO2/c1-3-8-7-13(8,2)12(19)10-6-9(4-5-11(10)18)20-14(15,16)17/h4-6,8H,3,7,18H2,1-2H3/t8?,13-/m1/s1. The van der Waals surface area contributed by atoms with Crippen molar-refractivity contribution in [1.82, 2.24) is 0 Å². The summed E-state index contributed by atoms with van der Waals surface area (Å²) in [6, 6.07) is 3.44. The number of Topliss-reactive ketones (excluding diaryl/α,β-unsaturated/α-hetero) is 1. The van der Waals surface area contributed by atoms with E-state index in [-0.39, 0.29) is 23.0 Å². The fraction of sp³-hybridized carbons (Fsp3) is 0.500. The quantitative estimate of drug-likeness (QED) is 0.677. The average molecular weight is 287 g/mol. The van der Waals surface area contributed by atoms with Crippen LogP contribution in [0.3, 0.4) is 0 Å². The van der Waals surface area contributed by atoms with Gasteiger partial charge in [0.1, 0.15) is 5.75 Å². The highest BCUT2D eigenvalue weighted by Gasteiger charge is 2.54. The van der Waals surface area contributed by atoms with E-state index in [1.807, 2.05) is 13.8 Å². The molecule has 3 nitrogen and oxygen atoms in total. The number of rotatable bonds is 4. The Morgan fingerprint density at radius 3 is 2.65 bits per heavy atom. The van der Waals surface area contributed by atoms with Crippen LogP contribution < -0.4 is 10.5 Å². The number of halogens is 3. The molecular weight excluding hydrogens is 271 g/mol. The van der Waals surface area contributed by atoms with Crippen molar-refractivity contribution in [1.29, 1.82) is 0 Å². The van der Waals surface area contributed by atoms with Gasteiger partial charge in [-0.3, -0.25) is 4.79 Å². The minimum atomic E-state index is -4.79. The number of anilines is 1. The molecule has 2 atom stereocenters. The molecule has 1 unspecified atom stereocenters. The van der Waals surface area contributed by atoms with Crippen molar-refractivity contribution in [2.75, 3.05) is 5.73 Å². The number of hydrogen-bond donors (Lipinski definition) is 1. The highest BCUT2D eigenvalue weighted by molar-refractivity contribution is 6.06. The van der Waals surface area contributed by atoms with Crippen molar-refractivity contribution in [3.05, 3.63) is 23.8 Å². The molecule has 2 rings (SSSR count). The van der Waals surface area contributed by atoms with Gasteiger partial charge in [0, 0.05) is 16.7 Å². The van der Waals surface area contributed by atoms with E-state index in [4.69, 9.17) is 5.73 Å². The first-order valence-electron chi connectivity index (χ1n) is 6.37. The Morgan fingerprint density at radius 1 is 1.50 bits per heavy atom. The minimum Gasteiger partial charge on any atom is -0.406 e. The molecule has 0 bridgehead atoms. The maximum Gasteiger partial charge on any atom is 0.573 e. The van der Waals surface area contributed by atoms with E-state index in [1.165, 1.54) is 6.07 Å². The molecule has 0 saturated heterocycles. The van der Waals surface area contributed by atoms with Gasteiger partial charge in [-0.2, -0.15) is 0 Å². The van der Waals surface area contributed by atoms with E-state index in [0.717, 1.165) is 25.0 Å². The van der Waals surface area contributed by atoms with Gasteiger partial charge in [0.05, 0.1) is 0 Å². The summed E-state index contributed by atoms with van der Waals surface area (Å²) < 4.78 is 40.4. The third kappa shape index (κ3) is 2.73. The molecule has 2 N–H and O–H groups in total. The number of ether oxygens (including phenoxy) is 1. The summed E-state index contributed by atoms with van der Waals surface area (Å²) in [6.45, 7) is 3.80. The highest BCUT2D eigenvalue weighted by Crippen LogP contribution is 2.56. The van der Waals surface area contributed by atoms with Gasteiger partial charge in [-0.25, -0.2) is 0 Å². The van der Waals surface area contributed by atoms with Crippen LogP contribution >= 0.6 is 0 Å². The molecule has 0 amide bonds. The first-order valence-corrected chi connectivity index (χ1v) is 6.37. The summed E-state index contributed by atoms with van der Waals surface area (Å²) in [4.78, 5) is 12.4. The number of nitrogens with two attached hydrogens (primary N) is 1. The Hall–Kier alpha value is -1.72. The van der Waals surface area contributed by atoms with Crippen molar-refractivity contribution in [2.24, 2.45) is 11.3 Å². The fourth-order valence-electron chi connectivity index (χ4n) is 2.56. The van der Waals surface area contributed by atoms with Gasteiger partial charge in [0.25, 0.3) is 0 Å². The molecule has 1 fully saturated rings. The van der Waals surface area contributed by atoms with Crippen LogP contribution in [0.5, 0.6) is 5.75 Å². The van der Waals surface area contributed by atoms with Gasteiger partial charge in [0.15, 0.2) is 5.78 Å². The molecule has 1 aromatic rings. The normalized spacial score (nSPS) is 25.4. The van der Waals surface area contributed by atoms with Crippen LogP contribution in [-0.4, -0.2) is 12.1 Å². The Labute approximate surface area is 114 Å². The maximum absolute atomic E-state index is 12.4. The highest BCUT2D eigenvalue weighted by atomic mass is 19.4. The van der Waals surface area contributed by atoms with E-state index in [1.54, 1.807) is 0 Å². The summed E-state index contributed by atoms with van der Waals surface area (Å²) in [5.41, 5.74) is 5.47. The van der Waals surface area contributed by atoms with E-state index in [2.05, 4.69) is 4.74 Å². The Balaban J connectivity index is 2.28. The predicted octanol–water partition coefficient (Wildman–Crippen LogP) is 3.79. The second kappa shape index (κ2) is 4.68. The van der Waals surface area contributed by atoms with Crippen LogP contribution in [0.2, 0.25) is 0 Å². The molecule has 0 radical (unpaired) electrons. The molecule has 1 saturated carbocycles. The lowest BCUT2D eigenvalue weighted by Crippen LogP contribution is -2.19.